The molecule has 2 unspecified atom stereocenters. The fourth-order valence-electron chi connectivity index (χ4n) is 3.42. The van der Waals surface area contributed by atoms with Crippen LogP contribution in [0, 0.1) is 0 Å². The molecule has 0 fully saturated rings. The number of carbonyl (C=O) groups is 1. The van der Waals surface area contributed by atoms with Crippen molar-refractivity contribution in [2.75, 3.05) is 6.54 Å². The number of phenols is 1. The standard InChI is InChI=1S/C22H25B2N3O2/c23-20(17-6-5-10-25-15-17)21(24)22(29)26-11-3-1-2-4-12-27-13-9-16-14-18(28)7-8-19(16)27/h5-10,13-15,20-21,28H,1-4,11-12H2,(H,26,29). The number of pyridine rings is 1. The molecule has 2 aromatic heterocycles. The molecule has 4 radical (unpaired) electrons. The van der Waals surface area contributed by atoms with Gasteiger partial charge < -0.3 is 15.0 Å². The van der Waals surface area contributed by atoms with Gasteiger partial charge in [0.2, 0.25) is 5.91 Å². The third-order valence-electron chi connectivity index (χ3n) is 5.14. The molecule has 0 aliphatic rings. The van der Waals surface area contributed by atoms with Gasteiger partial charge in [0.1, 0.15) is 5.75 Å². The highest BCUT2D eigenvalue weighted by Gasteiger charge is 2.20. The molecule has 1 amide bonds. The summed E-state index contributed by atoms with van der Waals surface area (Å²) in [6, 6.07) is 11.1. The van der Waals surface area contributed by atoms with Crippen molar-refractivity contribution >= 4 is 32.5 Å². The maximum Gasteiger partial charge on any atom is 0.214 e. The smallest absolute Gasteiger partial charge is 0.214 e. The molecule has 0 bridgehead atoms. The number of nitrogens with zero attached hydrogens (tertiary/aromatic N) is 2. The Morgan fingerprint density at radius 3 is 2.76 bits per heavy atom. The minimum Gasteiger partial charge on any atom is -0.508 e. The summed E-state index contributed by atoms with van der Waals surface area (Å²) < 4.78 is 2.20. The molecule has 146 valence electrons. The number of hydrogen-bond acceptors (Lipinski definition) is 3. The van der Waals surface area contributed by atoms with E-state index in [1.807, 2.05) is 18.2 Å². The van der Waals surface area contributed by atoms with Crippen molar-refractivity contribution in [3.05, 3.63) is 60.6 Å². The number of aromatic hydroxyl groups is 1. The van der Waals surface area contributed by atoms with Gasteiger partial charge in [-0.15, -0.1) is 0 Å². The molecular formula is C22H25B2N3O2. The number of rotatable bonds is 10. The lowest BCUT2D eigenvalue weighted by Gasteiger charge is -2.20. The van der Waals surface area contributed by atoms with Gasteiger partial charge in [0, 0.05) is 42.6 Å². The van der Waals surface area contributed by atoms with E-state index < -0.39 is 11.6 Å². The topological polar surface area (TPSA) is 67.2 Å². The van der Waals surface area contributed by atoms with Crippen LogP contribution in [0.2, 0.25) is 5.82 Å². The molecule has 0 aliphatic heterocycles. The third kappa shape index (κ3) is 5.66. The zero-order valence-corrected chi connectivity index (χ0v) is 16.5. The minimum atomic E-state index is -0.791. The Labute approximate surface area is 174 Å². The molecule has 0 aliphatic carbocycles. The summed E-state index contributed by atoms with van der Waals surface area (Å²) in [6.45, 7) is 1.53. The molecule has 2 heterocycles. The lowest BCUT2D eigenvalue weighted by atomic mass is 9.63. The molecular weight excluding hydrogens is 360 g/mol. The third-order valence-corrected chi connectivity index (χ3v) is 5.14. The van der Waals surface area contributed by atoms with Crippen molar-refractivity contribution in [2.45, 2.75) is 43.9 Å². The van der Waals surface area contributed by atoms with E-state index in [-0.39, 0.29) is 5.91 Å². The second-order valence-electron chi connectivity index (χ2n) is 7.30. The second kappa shape index (κ2) is 10.2. The zero-order chi connectivity index (χ0) is 20.6. The van der Waals surface area contributed by atoms with Crippen molar-refractivity contribution < 1.29 is 9.90 Å². The van der Waals surface area contributed by atoms with E-state index in [0.717, 1.165) is 48.7 Å². The summed E-state index contributed by atoms with van der Waals surface area (Å²) in [5.74, 6) is -1.30. The quantitative estimate of drug-likeness (QED) is 0.416. The molecule has 5 nitrogen and oxygen atoms in total. The van der Waals surface area contributed by atoms with Crippen LogP contribution in [0.4, 0.5) is 0 Å². The van der Waals surface area contributed by atoms with Crippen LogP contribution in [0.25, 0.3) is 10.9 Å². The average Bonchev–Trinajstić information content (AvgIpc) is 3.14. The fourth-order valence-corrected chi connectivity index (χ4v) is 3.42. The molecule has 2 N–H and O–H groups in total. The number of aromatic nitrogens is 2. The van der Waals surface area contributed by atoms with Crippen LogP contribution in [0.5, 0.6) is 5.75 Å². The Morgan fingerprint density at radius 1 is 1.14 bits per heavy atom. The van der Waals surface area contributed by atoms with Gasteiger partial charge in [-0.3, -0.25) is 9.78 Å². The van der Waals surface area contributed by atoms with Gasteiger partial charge in [0.15, 0.2) is 0 Å². The average molecular weight is 385 g/mol. The number of unbranched alkanes of at least 4 members (excludes halogenated alkanes) is 3. The van der Waals surface area contributed by atoms with Crippen molar-refractivity contribution in [2.24, 2.45) is 0 Å². The number of benzene rings is 1. The molecule has 3 rings (SSSR count). The van der Waals surface area contributed by atoms with Crippen LogP contribution in [0.15, 0.2) is 55.0 Å². The van der Waals surface area contributed by atoms with Gasteiger partial charge in [0.25, 0.3) is 0 Å². The normalized spacial score (nSPS) is 13.2. The Hall–Kier alpha value is -2.69. The Bertz CT molecular complexity index is 930. The monoisotopic (exact) mass is 385 g/mol. The first-order chi connectivity index (χ1) is 14.1. The zero-order valence-electron chi connectivity index (χ0n) is 16.5. The molecule has 0 saturated carbocycles. The van der Waals surface area contributed by atoms with Crippen LogP contribution in [-0.2, 0) is 11.3 Å². The highest BCUT2D eigenvalue weighted by atomic mass is 16.3. The van der Waals surface area contributed by atoms with E-state index in [2.05, 4.69) is 21.1 Å². The predicted molar refractivity (Wildman–Crippen MR) is 117 cm³/mol. The van der Waals surface area contributed by atoms with E-state index >= 15 is 0 Å². The second-order valence-corrected chi connectivity index (χ2v) is 7.30. The summed E-state index contributed by atoms with van der Waals surface area (Å²) in [5.41, 5.74) is 1.89. The summed E-state index contributed by atoms with van der Waals surface area (Å²) in [5, 5.41) is 13.5. The Kier molecular flexibility index (Phi) is 7.39. The van der Waals surface area contributed by atoms with E-state index in [0.29, 0.717) is 12.3 Å². The summed E-state index contributed by atoms with van der Waals surface area (Å²) in [6.07, 6.45) is 9.42. The number of nitrogens with one attached hydrogen (secondary N) is 1. The van der Waals surface area contributed by atoms with Crippen LogP contribution in [-0.4, -0.2) is 42.8 Å². The molecule has 1 aromatic carbocycles. The summed E-state index contributed by atoms with van der Waals surface area (Å²) in [7, 11) is 12.0. The maximum absolute atomic E-state index is 12.2. The number of aryl methyl sites for hydroxylation is 1. The lowest BCUT2D eigenvalue weighted by Crippen LogP contribution is -2.31. The first-order valence-electron chi connectivity index (χ1n) is 10.0. The highest BCUT2D eigenvalue weighted by molar-refractivity contribution is 6.30. The number of amides is 1. The van der Waals surface area contributed by atoms with E-state index in [4.69, 9.17) is 15.7 Å². The molecule has 29 heavy (non-hydrogen) atoms. The molecule has 0 spiro atoms. The van der Waals surface area contributed by atoms with E-state index in [1.54, 1.807) is 30.6 Å². The fraction of sp³-hybridized carbons (Fsp3) is 0.364. The number of hydrogen-bond donors (Lipinski definition) is 2. The van der Waals surface area contributed by atoms with Gasteiger partial charge in [-0.2, -0.15) is 0 Å². The summed E-state index contributed by atoms with van der Waals surface area (Å²) >= 11 is 0. The predicted octanol–water partition coefficient (Wildman–Crippen LogP) is 3.29. The van der Waals surface area contributed by atoms with Crippen LogP contribution in [0.3, 0.4) is 0 Å². The number of carbonyl (C=O) groups excluding carboxylic acids is 1. The molecule has 0 saturated heterocycles. The van der Waals surface area contributed by atoms with Crippen molar-refractivity contribution in [1.82, 2.24) is 14.9 Å². The van der Waals surface area contributed by atoms with Crippen LogP contribution < -0.4 is 5.32 Å². The summed E-state index contributed by atoms with van der Waals surface area (Å²) in [4.78, 5) is 16.2. The van der Waals surface area contributed by atoms with E-state index in [1.165, 1.54) is 0 Å². The van der Waals surface area contributed by atoms with Gasteiger partial charge in [-0.1, -0.05) is 18.9 Å². The molecule has 7 heteroatoms. The van der Waals surface area contributed by atoms with Gasteiger partial charge in [-0.25, -0.2) is 0 Å². The SMILES string of the molecule is [B]C(C(=O)NCCCCCCn1ccc2cc(O)ccc21)C([B])c1cccnc1. The van der Waals surface area contributed by atoms with Crippen molar-refractivity contribution in [1.29, 1.82) is 0 Å². The first-order valence-corrected chi connectivity index (χ1v) is 10.0. The van der Waals surface area contributed by atoms with Crippen molar-refractivity contribution in [3.63, 3.8) is 0 Å². The van der Waals surface area contributed by atoms with Gasteiger partial charge in [-0.05, 0) is 60.4 Å². The molecule has 3 aromatic rings. The van der Waals surface area contributed by atoms with Crippen LogP contribution >= 0.6 is 0 Å². The van der Waals surface area contributed by atoms with Gasteiger partial charge >= 0.3 is 0 Å². The number of phenolic OH excluding ortho intramolecular Hbond substituents is 1. The van der Waals surface area contributed by atoms with Crippen LogP contribution in [0.1, 0.15) is 37.1 Å². The van der Waals surface area contributed by atoms with E-state index in [9.17, 15) is 9.90 Å². The minimum absolute atomic E-state index is 0.233. The molecule has 2 atom stereocenters. The highest BCUT2D eigenvalue weighted by Crippen LogP contribution is 2.23. The maximum atomic E-state index is 12.2. The largest absolute Gasteiger partial charge is 0.508 e. The number of fused-ring (bicyclic) bond motifs is 1. The Morgan fingerprint density at radius 2 is 1.97 bits per heavy atom. The first kappa shape index (κ1) is 21.0. The van der Waals surface area contributed by atoms with Gasteiger partial charge in [0.05, 0.1) is 15.7 Å². The lowest BCUT2D eigenvalue weighted by molar-refractivity contribution is -0.121. The Balaban J connectivity index is 1.32. The van der Waals surface area contributed by atoms with Crippen molar-refractivity contribution in [3.8, 4) is 5.75 Å².